The summed E-state index contributed by atoms with van der Waals surface area (Å²) < 4.78 is 0. The molecule has 0 aliphatic carbocycles. The Morgan fingerprint density at radius 2 is 1.90 bits per heavy atom. The molecule has 0 radical (unpaired) electrons. The van der Waals surface area contributed by atoms with Gasteiger partial charge < -0.3 is 0 Å². The van der Waals surface area contributed by atoms with Crippen molar-refractivity contribution in [3.8, 4) is 0 Å². The summed E-state index contributed by atoms with van der Waals surface area (Å²) in [5, 5.41) is 0. The Kier molecular flexibility index (Phi) is 8.35. The minimum atomic E-state index is 0.898. The molecule has 0 heterocycles. The average molecular weight is 178 g/mol. The Hall–Kier alpha value is 0.700. The Morgan fingerprint density at radius 3 is 2.40 bits per heavy atom. The van der Waals surface area contributed by atoms with E-state index in [1.165, 1.54) is 24.3 Å². The molecule has 0 fully saturated rings. The second kappa shape index (κ2) is 7.80. The Morgan fingerprint density at radius 1 is 1.20 bits per heavy atom. The van der Waals surface area contributed by atoms with Gasteiger partial charge in [-0.25, -0.2) is 0 Å². The summed E-state index contributed by atoms with van der Waals surface area (Å²) in [6, 6.07) is 0. The standard InChI is InChI=1S/C8H18S2/c1-4-6-9-10-7-8(3)5-2/h8H,4-7H2,1-3H3. The predicted octanol–water partition coefficient (Wildman–Crippen LogP) is 3.82. The van der Waals surface area contributed by atoms with Gasteiger partial charge in [-0.05, 0) is 12.3 Å². The molecular weight excluding hydrogens is 160 g/mol. The van der Waals surface area contributed by atoms with Crippen LogP contribution in [0.4, 0.5) is 0 Å². The lowest BCUT2D eigenvalue weighted by Crippen LogP contribution is -1.93. The fourth-order valence-electron chi connectivity index (χ4n) is 0.424. The van der Waals surface area contributed by atoms with E-state index in [-0.39, 0.29) is 0 Å². The molecule has 0 amide bonds. The van der Waals surface area contributed by atoms with E-state index in [0.29, 0.717) is 0 Å². The van der Waals surface area contributed by atoms with Crippen LogP contribution >= 0.6 is 21.6 Å². The van der Waals surface area contributed by atoms with Gasteiger partial charge in [0, 0.05) is 11.5 Å². The van der Waals surface area contributed by atoms with E-state index in [9.17, 15) is 0 Å². The van der Waals surface area contributed by atoms with Crippen LogP contribution in [0.2, 0.25) is 0 Å². The lowest BCUT2D eigenvalue weighted by molar-refractivity contribution is 0.638. The van der Waals surface area contributed by atoms with Crippen LogP contribution in [0.3, 0.4) is 0 Å². The molecule has 2 heteroatoms. The second-order valence-electron chi connectivity index (χ2n) is 2.62. The van der Waals surface area contributed by atoms with Gasteiger partial charge in [0.25, 0.3) is 0 Å². The van der Waals surface area contributed by atoms with E-state index in [0.717, 1.165) is 5.92 Å². The fourth-order valence-corrected chi connectivity index (χ4v) is 3.11. The van der Waals surface area contributed by atoms with Crippen molar-refractivity contribution in [2.24, 2.45) is 5.92 Å². The summed E-state index contributed by atoms with van der Waals surface area (Å²) in [6.45, 7) is 6.81. The molecule has 0 aromatic carbocycles. The zero-order chi connectivity index (χ0) is 7.82. The van der Waals surface area contributed by atoms with Crippen molar-refractivity contribution in [2.45, 2.75) is 33.6 Å². The predicted molar refractivity (Wildman–Crippen MR) is 54.7 cm³/mol. The van der Waals surface area contributed by atoms with Crippen molar-refractivity contribution in [3.05, 3.63) is 0 Å². The molecule has 1 unspecified atom stereocenters. The molecule has 0 N–H and O–H groups in total. The largest absolute Gasteiger partial charge is 0.0942 e. The first-order chi connectivity index (χ1) is 4.81. The van der Waals surface area contributed by atoms with Crippen molar-refractivity contribution in [1.29, 1.82) is 0 Å². The van der Waals surface area contributed by atoms with Crippen molar-refractivity contribution in [3.63, 3.8) is 0 Å². The van der Waals surface area contributed by atoms with Gasteiger partial charge in [-0.1, -0.05) is 48.8 Å². The molecule has 0 saturated carbocycles. The lowest BCUT2D eigenvalue weighted by Gasteiger charge is -2.05. The van der Waals surface area contributed by atoms with Crippen LogP contribution in [0.15, 0.2) is 0 Å². The first kappa shape index (κ1) is 10.7. The quantitative estimate of drug-likeness (QED) is 0.448. The molecule has 0 aliphatic rings. The van der Waals surface area contributed by atoms with E-state index >= 15 is 0 Å². The van der Waals surface area contributed by atoms with Gasteiger partial charge in [0.1, 0.15) is 0 Å². The molecule has 0 spiro atoms. The molecular formula is C8H18S2. The summed E-state index contributed by atoms with van der Waals surface area (Å²) in [5.41, 5.74) is 0. The summed E-state index contributed by atoms with van der Waals surface area (Å²) in [4.78, 5) is 0. The fraction of sp³-hybridized carbons (Fsp3) is 1.00. The summed E-state index contributed by atoms with van der Waals surface area (Å²) in [6.07, 6.45) is 2.62. The van der Waals surface area contributed by atoms with Crippen LogP contribution in [0.25, 0.3) is 0 Å². The first-order valence-corrected chi connectivity index (χ1v) is 6.54. The number of hydrogen-bond acceptors (Lipinski definition) is 2. The maximum atomic E-state index is 2.32. The summed E-state index contributed by atoms with van der Waals surface area (Å²) in [5.74, 6) is 3.52. The summed E-state index contributed by atoms with van der Waals surface area (Å²) in [7, 11) is 4.04. The SMILES string of the molecule is CCCSSCC(C)CC. The topological polar surface area (TPSA) is 0 Å². The normalized spacial score (nSPS) is 13.5. The lowest BCUT2D eigenvalue weighted by atomic mass is 10.2. The van der Waals surface area contributed by atoms with Crippen LogP contribution in [-0.4, -0.2) is 11.5 Å². The Bertz CT molecular complexity index is 64.3. The van der Waals surface area contributed by atoms with Gasteiger partial charge >= 0.3 is 0 Å². The third-order valence-electron chi connectivity index (χ3n) is 1.42. The molecule has 62 valence electrons. The van der Waals surface area contributed by atoms with Gasteiger partial charge in [0.05, 0.1) is 0 Å². The smallest absolute Gasteiger partial charge is 0.00625 e. The van der Waals surface area contributed by atoms with E-state index in [1.54, 1.807) is 0 Å². The highest BCUT2D eigenvalue weighted by atomic mass is 33.1. The van der Waals surface area contributed by atoms with E-state index in [1.807, 2.05) is 21.6 Å². The molecule has 0 aliphatic heterocycles. The molecule has 0 bridgehead atoms. The number of rotatable bonds is 6. The minimum absolute atomic E-state index is 0.898. The first-order valence-electron chi connectivity index (χ1n) is 4.05. The zero-order valence-electron chi connectivity index (χ0n) is 7.22. The molecule has 1 atom stereocenters. The molecule has 0 rings (SSSR count). The molecule has 0 aromatic rings. The van der Waals surface area contributed by atoms with E-state index in [4.69, 9.17) is 0 Å². The highest BCUT2D eigenvalue weighted by Crippen LogP contribution is 2.25. The van der Waals surface area contributed by atoms with Crippen LogP contribution < -0.4 is 0 Å². The maximum absolute atomic E-state index is 2.32. The monoisotopic (exact) mass is 178 g/mol. The molecule has 10 heavy (non-hydrogen) atoms. The number of hydrogen-bond donors (Lipinski definition) is 0. The van der Waals surface area contributed by atoms with Gasteiger partial charge in [-0.3, -0.25) is 0 Å². The molecule has 0 aromatic heterocycles. The average Bonchev–Trinajstić information content (AvgIpc) is 1.98. The van der Waals surface area contributed by atoms with Crippen molar-refractivity contribution < 1.29 is 0 Å². The van der Waals surface area contributed by atoms with Crippen LogP contribution in [0.1, 0.15) is 33.6 Å². The highest BCUT2D eigenvalue weighted by Gasteiger charge is 1.97. The van der Waals surface area contributed by atoms with Gasteiger partial charge in [0.2, 0.25) is 0 Å². The minimum Gasteiger partial charge on any atom is -0.0942 e. The van der Waals surface area contributed by atoms with Crippen molar-refractivity contribution in [1.82, 2.24) is 0 Å². The molecule has 0 nitrogen and oxygen atoms in total. The second-order valence-corrected chi connectivity index (χ2v) is 5.25. The van der Waals surface area contributed by atoms with Gasteiger partial charge in [-0.2, -0.15) is 0 Å². The molecule has 0 saturated heterocycles. The third-order valence-corrected chi connectivity index (χ3v) is 4.28. The van der Waals surface area contributed by atoms with E-state index < -0.39 is 0 Å². The van der Waals surface area contributed by atoms with Gasteiger partial charge in [-0.15, -0.1) is 0 Å². The van der Waals surface area contributed by atoms with Crippen molar-refractivity contribution in [2.75, 3.05) is 11.5 Å². The Labute approximate surface area is 72.9 Å². The van der Waals surface area contributed by atoms with Crippen LogP contribution in [0.5, 0.6) is 0 Å². The van der Waals surface area contributed by atoms with Crippen LogP contribution in [-0.2, 0) is 0 Å². The van der Waals surface area contributed by atoms with Crippen molar-refractivity contribution >= 4 is 21.6 Å². The Balaban J connectivity index is 2.89. The van der Waals surface area contributed by atoms with Gasteiger partial charge in [0.15, 0.2) is 0 Å². The highest BCUT2D eigenvalue weighted by molar-refractivity contribution is 8.76. The van der Waals surface area contributed by atoms with E-state index in [2.05, 4.69) is 20.8 Å². The van der Waals surface area contributed by atoms with Crippen LogP contribution in [0, 0.1) is 5.92 Å². The third kappa shape index (κ3) is 6.81. The maximum Gasteiger partial charge on any atom is 0.00625 e. The zero-order valence-corrected chi connectivity index (χ0v) is 8.86. The summed E-state index contributed by atoms with van der Waals surface area (Å²) >= 11 is 0.